The lowest BCUT2D eigenvalue weighted by molar-refractivity contribution is -0.145. The summed E-state index contributed by atoms with van der Waals surface area (Å²) in [6.07, 6.45) is 7.12. The molecule has 0 aromatic rings. The maximum atomic E-state index is 12.2. The summed E-state index contributed by atoms with van der Waals surface area (Å²) in [6, 6.07) is 0. The van der Waals surface area contributed by atoms with Crippen LogP contribution in [-0.4, -0.2) is 59.5 Å². The number of hydrogen-bond donors (Lipinski definition) is 1. The quantitative estimate of drug-likeness (QED) is 0.850. The van der Waals surface area contributed by atoms with E-state index in [1.54, 1.807) is 4.90 Å². The zero-order valence-corrected chi connectivity index (χ0v) is 12.2. The van der Waals surface area contributed by atoms with Gasteiger partial charge in [0.2, 0.25) is 5.91 Å². The Balaban J connectivity index is 1.74. The number of piperidine rings is 1. The highest BCUT2D eigenvalue weighted by Gasteiger charge is 2.28. The van der Waals surface area contributed by atoms with E-state index in [4.69, 9.17) is 5.11 Å². The van der Waals surface area contributed by atoms with Crippen LogP contribution in [0.15, 0.2) is 0 Å². The van der Waals surface area contributed by atoms with E-state index in [9.17, 15) is 9.59 Å². The maximum absolute atomic E-state index is 12.2. The molecule has 2 heterocycles. The molecule has 1 unspecified atom stereocenters. The van der Waals surface area contributed by atoms with Gasteiger partial charge in [-0.1, -0.05) is 12.8 Å². The lowest BCUT2D eigenvalue weighted by Gasteiger charge is -2.31. The van der Waals surface area contributed by atoms with Crippen molar-refractivity contribution in [3.63, 3.8) is 0 Å². The van der Waals surface area contributed by atoms with Crippen LogP contribution in [0.4, 0.5) is 0 Å². The molecule has 0 spiro atoms. The highest BCUT2D eigenvalue weighted by molar-refractivity contribution is 5.78. The molecule has 5 heteroatoms. The van der Waals surface area contributed by atoms with E-state index in [0.717, 1.165) is 32.6 Å². The van der Waals surface area contributed by atoms with Crippen LogP contribution in [0.1, 0.15) is 44.9 Å². The van der Waals surface area contributed by atoms with E-state index in [2.05, 4.69) is 4.90 Å². The van der Waals surface area contributed by atoms with Crippen molar-refractivity contribution in [2.24, 2.45) is 5.92 Å². The van der Waals surface area contributed by atoms with Crippen LogP contribution in [-0.2, 0) is 9.59 Å². The van der Waals surface area contributed by atoms with Crippen LogP contribution in [0.25, 0.3) is 0 Å². The summed E-state index contributed by atoms with van der Waals surface area (Å²) in [7, 11) is 0. The summed E-state index contributed by atoms with van der Waals surface area (Å²) < 4.78 is 0. The Hall–Kier alpha value is -1.10. The van der Waals surface area contributed by atoms with Crippen LogP contribution in [0.5, 0.6) is 0 Å². The molecule has 2 aliphatic rings. The molecule has 0 aliphatic carbocycles. The molecular formula is C15H26N2O3. The van der Waals surface area contributed by atoms with Crippen molar-refractivity contribution in [3.8, 4) is 0 Å². The Labute approximate surface area is 120 Å². The third kappa shape index (κ3) is 4.47. The van der Waals surface area contributed by atoms with Gasteiger partial charge >= 0.3 is 5.97 Å². The molecule has 0 saturated carbocycles. The predicted octanol–water partition coefficient (Wildman–Crippen LogP) is 1.58. The van der Waals surface area contributed by atoms with E-state index in [1.807, 2.05) is 0 Å². The highest BCUT2D eigenvalue weighted by atomic mass is 16.4. The first-order chi connectivity index (χ1) is 9.66. The summed E-state index contributed by atoms with van der Waals surface area (Å²) in [5.41, 5.74) is 0. The summed E-state index contributed by atoms with van der Waals surface area (Å²) in [4.78, 5) is 27.3. The monoisotopic (exact) mass is 282 g/mol. The van der Waals surface area contributed by atoms with Crippen LogP contribution >= 0.6 is 0 Å². The van der Waals surface area contributed by atoms with E-state index in [-0.39, 0.29) is 11.8 Å². The van der Waals surface area contributed by atoms with Gasteiger partial charge in [-0.25, -0.2) is 0 Å². The number of rotatable bonds is 4. The first-order valence-electron chi connectivity index (χ1n) is 7.90. The molecule has 0 bridgehead atoms. The topological polar surface area (TPSA) is 60.9 Å². The van der Waals surface area contributed by atoms with E-state index < -0.39 is 5.97 Å². The van der Waals surface area contributed by atoms with E-state index in [1.165, 1.54) is 25.7 Å². The number of aliphatic carboxylic acids is 1. The van der Waals surface area contributed by atoms with Crippen LogP contribution in [0, 0.1) is 5.92 Å². The molecule has 2 saturated heterocycles. The van der Waals surface area contributed by atoms with Crippen LogP contribution in [0.2, 0.25) is 0 Å². The number of carbonyl (C=O) groups excluding carboxylic acids is 1. The van der Waals surface area contributed by atoms with Crippen molar-refractivity contribution in [2.75, 3.05) is 32.7 Å². The van der Waals surface area contributed by atoms with Gasteiger partial charge in [0.1, 0.15) is 0 Å². The molecule has 0 radical (unpaired) electrons. The zero-order valence-electron chi connectivity index (χ0n) is 12.2. The average Bonchev–Trinajstić information content (AvgIpc) is 2.73. The van der Waals surface area contributed by atoms with E-state index in [0.29, 0.717) is 19.4 Å². The maximum Gasteiger partial charge on any atom is 0.308 e. The van der Waals surface area contributed by atoms with Gasteiger partial charge < -0.3 is 14.9 Å². The smallest absolute Gasteiger partial charge is 0.308 e. The minimum atomic E-state index is -0.769. The number of amides is 1. The van der Waals surface area contributed by atoms with Gasteiger partial charge in [0.25, 0.3) is 0 Å². The second kappa shape index (κ2) is 7.62. The molecule has 114 valence electrons. The normalized spacial score (nSPS) is 25.2. The first kappa shape index (κ1) is 15.3. The molecule has 1 N–H and O–H groups in total. The number of carbonyl (C=O) groups is 2. The second-order valence-electron chi connectivity index (χ2n) is 6.02. The van der Waals surface area contributed by atoms with Gasteiger partial charge in [0.05, 0.1) is 5.92 Å². The van der Waals surface area contributed by atoms with Crippen molar-refractivity contribution >= 4 is 11.9 Å². The van der Waals surface area contributed by atoms with Crippen molar-refractivity contribution in [3.05, 3.63) is 0 Å². The first-order valence-corrected chi connectivity index (χ1v) is 7.90. The molecule has 0 aromatic heterocycles. The highest BCUT2D eigenvalue weighted by Crippen LogP contribution is 2.17. The molecule has 2 aliphatic heterocycles. The van der Waals surface area contributed by atoms with Gasteiger partial charge in [-0.05, 0) is 38.8 Å². The predicted molar refractivity (Wildman–Crippen MR) is 76.5 cm³/mol. The SMILES string of the molecule is O=C(O)C1CCCN(C(=O)CCN2CCCCCC2)C1. The molecule has 1 atom stereocenters. The Morgan fingerprint density at radius 2 is 1.70 bits per heavy atom. The fourth-order valence-electron chi connectivity index (χ4n) is 3.18. The lowest BCUT2D eigenvalue weighted by atomic mass is 9.98. The van der Waals surface area contributed by atoms with Crippen molar-refractivity contribution in [1.82, 2.24) is 9.80 Å². The van der Waals surface area contributed by atoms with Gasteiger partial charge in [-0.15, -0.1) is 0 Å². The number of hydrogen-bond acceptors (Lipinski definition) is 3. The van der Waals surface area contributed by atoms with Crippen molar-refractivity contribution in [2.45, 2.75) is 44.9 Å². The molecule has 1 amide bonds. The van der Waals surface area contributed by atoms with Gasteiger partial charge in [0, 0.05) is 26.1 Å². The van der Waals surface area contributed by atoms with Crippen molar-refractivity contribution in [1.29, 1.82) is 0 Å². The molecule has 0 aromatic carbocycles. The average molecular weight is 282 g/mol. The van der Waals surface area contributed by atoms with Gasteiger partial charge in [0.15, 0.2) is 0 Å². The van der Waals surface area contributed by atoms with E-state index >= 15 is 0 Å². The standard InChI is InChI=1S/C15H26N2O3/c18-14(7-11-16-8-3-1-2-4-9-16)17-10-5-6-13(12-17)15(19)20/h13H,1-12H2,(H,19,20). The third-order valence-corrected chi connectivity index (χ3v) is 4.46. The molecule has 2 rings (SSSR count). The van der Waals surface area contributed by atoms with Gasteiger partial charge in [-0.2, -0.15) is 0 Å². The largest absolute Gasteiger partial charge is 0.481 e. The van der Waals surface area contributed by atoms with Crippen LogP contribution < -0.4 is 0 Å². The Morgan fingerprint density at radius 3 is 2.35 bits per heavy atom. The fraction of sp³-hybridized carbons (Fsp3) is 0.867. The van der Waals surface area contributed by atoms with Crippen molar-refractivity contribution < 1.29 is 14.7 Å². The molecule has 5 nitrogen and oxygen atoms in total. The Bertz CT molecular complexity index is 338. The minimum absolute atomic E-state index is 0.125. The summed E-state index contributed by atoms with van der Waals surface area (Å²) in [6.45, 7) is 4.15. The summed E-state index contributed by atoms with van der Waals surface area (Å²) in [5.74, 6) is -1.01. The third-order valence-electron chi connectivity index (χ3n) is 4.46. The second-order valence-corrected chi connectivity index (χ2v) is 6.02. The fourth-order valence-corrected chi connectivity index (χ4v) is 3.18. The number of carboxylic acid groups (broad SMARTS) is 1. The van der Waals surface area contributed by atoms with Gasteiger partial charge in [-0.3, -0.25) is 9.59 Å². The number of likely N-dealkylation sites (tertiary alicyclic amines) is 2. The molecular weight excluding hydrogens is 256 g/mol. The number of nitrogens with zero attached hydrogens (tertiary/aromatic N) is 2. The Kier molecular flexibility index (Phi) is 5.83. The Morgan fingerprint density at radius 1 is 1.00 bits per heavy atom. The molecule has 2 fully saturated rings. The number of carboxylic acids is 1. The molecule has 20 heavy (non-hydrogen) atoms. The van der Waals surface area contributed by atoms with Crippen LogP contribution in [0.3, 0.4) is 0 Å². The zero-order chi connectivity index (χ0) is 14.4. The summed E-state index contributed by atoms with van der Waals surface area (Å²) >= 11 is 0. The minimum Gasteiger partial charge on any atom is -0.481 e. The lowest BCUT2D eigenvalue weighted by Crippen LogP contribution is -2.43. The summed E-state index contributed by atoms with van der Waals surface area (Å²) in [5, 5.41) is 9.06.